The molecule has 0 spiro atoms. The van der Waals surface area contributed by atoms with Crippen LogP contribution in [0.1, 0.15) is 11.1 Å². The second-order valence-electron chi connectivity index (χ2n) is 5.79. The van der Waals surface area contributed by atoms with Gasteiger partial charge in [0.25, 0.3) is 10.0 Å². The maximum atomic E-state index is 13.3. The Balaban J connectivity index is 1.67. The third kappa shape index (κ3) is 4.37. The Morgan fingerprint density at radius 2 is 1.81 bits per heavy atom. The van der Waals surface area contributed by atoms with Gasteiger partial charge in [0.15, 0.2) is 0 Å². The molecule has 2 aromatic carbocycles. The van der Waals surface area contributed by atoms with Gasteiger partial charge in [-0.05, 0) is 48.4 Å². The van der Waals surface area contributed by atoms with Crippen LogP contribution in [0, 0.1) is 12.7 Å². The predicted molar refractivity (Wildman–Crippen MR) is 100.0 cm³/mol. The highest BCUT2D eigenvalue weighted by molar-refractivity contribution is 7.92. The van der Waals surface area contributed by atoms with Crippen LogP contribution in [0.2, 0.25) is 0 Å². The van der Waals surface area contributed by atoms with Crippen molar-refractivity contribution in [3.05, 3.63) is 83.8 Å². The van der Waals surface area contributed by atoms with E-state index in [0.29, 0.717) is 6.54 Å². The number of sulfonamides is 1. The Kier molecular flexibility index (Phi) is 5.18. The standard InChI is InChI=1S/C19H18FN3O2S/c1-14-11-17(8-9-18(14)20)26(24,25)23-19-10-7-16(13-22-19)21-12-15-5-3-2-4-6-15/h2-11,13,21H,12H2,1H3,(H,22,23). The topological polar surface area (TPSA) is 71.1 Å². The van der Waals surface area contributed by atoms with Crippen molar-refractivity contribution in [1.82, 2.24) is 4.98 Å². The third-order valence-corrected chi connectivity index (χ3v) is 5.13. The third-order valence-electron chi connectivity index (χ3n) is 3.78. The number of anilines is 2. The molecule has 0 aliphatic heterocycles. The first kappa shape index (κ1) is 17.9. The molecule has 0 atom stereocenters. The number of aromatic nitrogens is 1. The van der Waals surface area contributed by atoms with Crippen LogP contribution in [0.3, 0.4) is 0 Å². The molecule has 0 saturated carbocycles. The first-order valence-corrected chi connectivity index (χ1v) is 9.45. The van der Waals surface area contributed by atoms with E-state index in [-0.39, 0.29) is 16.3 Å². The van der Waals surface area contributed by atoms with Gasteiger partial charge >= 0.3 is 0 Å². The van der Waals surface area contributed by atoms with Gasteiger partial charge in [0.05, 0.1) is 16.8 Å². The van der Waals surface area contributed by atoms with Crippen LogP contribution < -0.4 is 10.0 Å². The van der Waals surface area contributed by atoms with E-state index in [1.807, 2.05) is 30.3 Å². The number of nitrogens with one attached hydrogen (secondary N) is 2. The molecule has 0 amide bonds. The minimum absolute atomic E-state index is 0.00974. The molecule has 2 N–H and O–H groups in total. The molecule has 0 fully saturated rings. The number of hydrogen-bond donors (Lipinski definition) is 2. The summed E-state index contributed by atoms with van der Waals surface area (Å²) < 4.78 is 40.5. The molecular formula is C19H18FN3O2S. The largest absolute Gasteiger partial charge is 0.380 e. The van der Waals surface area contributed by atoms with Crippen molar-refractivity contribution < 1.29 is 12.8 Å². The van der Waals surface area contributed by atoms with E-state index < -0.39 is 15.8 Å². The molecule has 0 saturated heterocycles. The Labute approximate surface area is 152 Å². The molecule has 1 heterocycles. The van der Waals surface area contributed by atoms with Crippen LogP contribution in [-0.4, -0.2) is 13.4 Å². The summed E-state index contributed by atoms with van der Waals surface area (Å²) in [5.74, 6) is -0.256. The highest BCUT2D eigenvalue weighted by Crippen LogP contribution is 2.18. The van der Waals surface area contributed by atoms with E-state index in [2.05, 4.69) is 15.0 Å². The summed E-state index contributed by atoms with van der Waals surface area (Å²) in [5.41, 5.74) is 2.17. The number of hydrogen-bond acceptors (Lipinski definition) is 4. The van der Waals surface area contributed by atoms with Gasteiger partial charge in [-0.25, -0.2) is 17.8 Å². The van der Waals surface area contributed by atoms with Crippen molar-refractivity contribution in [1.29, 1.82) is 0 Å². The van der Waals surface area contributed by atoms with Crippen molar-refractivity contribution in [3.8, 4) is 0 Å². The van der Waals surface area contributed by atoms with Gasteiger partial charge < -0.3 is 5.32 Å². The van der Waals surface area contributed by atoms with Crippen LogP contribution in [-0.2, 0) is 16.6 Å². The summed E-state index contributed by atoms with van der Waals surface area (Å²) in [4.78, 5) is 4.11. The van der Waals surface area contributed by atoms with Gasteiger partial charge in [0, 0.05) is 6.54 Å². The number of aryl methyl sites for hydroxylation is 1. The van der Waals surface area contributed by atoms with Crippen LogP contribution in [0.25, 0.3) is 0 Å². The quantitative estimate of drug-likeness (QED) is 0.688. The van der Waals surface area contributed by atoms with Gasteiger partial charge in [-0.3, -0.25) is 4.72 Å². The average Bonchev–Trinajstić information content (AvgIpc) is 2.64. The zero-order chi connectivity index (χ0) is 18.6. The molecule has 0 radical (unpaired) electrons. The minimum Gasteiger partial charge on any atom is -0.380 e. The van der Waals surface area contributed by atoms with E-state index in [0.717, 1.165) is 17.3 Å². The summed E-state index contributed by atoms with van der Waals surface area (Å²) in [5, 5.41) is 3.21. The lowest BCUT2D eigenvalue weighted by atomic mass is 10.2. The predicted octanol–water partition coefficient (Wildman–Crippen LogP) is 3.94. The summed E-state index contributed by atoms with van der Waals surface area (Å²) in [6, 6.07) is 16.8. The zero-order valence-electron chi connectivity index (χ0n) is 14.1. The minimum atomic E-state index is -3.82. The van der Waals surface area contributed by atoms with Crippen molar-refractivity contribution in [3.63, 3.8) is 0 Å². The lowest BCUT2D eigenvalue weighted by Gasteiger charge is -2.10. The van der Waals surface area contributed by atoms with E-state index in [1.54, 1.807) is 18.3 Å². The highest BCUT2D eigenvalue weighted by atomic mass is 32.2. The summed E-state index contributed by atoms with van der Waals surface area (Å²) in [6.45, 7) is 2.16. The monoisotopic (exact) mass is 371 g/mol. The molecule has 7 heteroatoms. The van der Waals surface area contributed by atoms with Gasteiger partial charge in [0.2, 0.25) is 0 Å². The summed E-state index contributed by atoms with van der Waals surface area (Å²) >= 11 is 0. The molecule has 3 rings (SSSR count). The average molecular weight is 371 g/mol. The Hall–Kier alpha value is -2.93. The first-order chi connectivity index (χ1) is 12.4. The van der Waals surface area contributed by atoms with Crippen LogP contribution >= 0.6 is 0 Å². The van der Waals surface area contributed by atoms with Gasteiger partial charge in [-0.1, -0.05) is 30.3 Å². The van der Waals surface area contributed by atoms with Gasteiger partial charge in [0.1, 0.15) is 11.6 Å². The number of benzene rings is 2. The fourth-order valence-corrected chi connectivity index (χ4v) is 3.43. The molecule has 1 aromatic heterocycles. The smallest absolute Gasteiger partial charge is 0.263 e. The van der Waals surface area contributed by atoms with Gasteiger partial charge in [-0.15, -0.1) is 0 Å². The number of halogens is 1. The van der Waals surface area contributed by atoms with Crippen LogP contribution in [0.5, 0.6) is 0 Å². The van der Waals surface area contributed by atoms with Crippen LogP contribution in [0.4, 0.5) is 15.9 Å². The Bertz CT molecular complexity index is 991. The van der Waals surface area contributed by atoms with E-state index in [9.17, 15) is 12.8 Å². The molecule has 0 unspecified atom stereocenters. The zero-order valence-corrected chi connectivity index (χ0v) is 14.9. The highest BCUT2D eigenvalue weighted by Gasteiger charge is 2.16. The van der Waals surface area contributed by atoms with E-state index in [1.165, 1.54) is 19.1 Å². The van der Waals surface area contributed by atoms with Crippen molar-refractivity contribution in [2.75, 3.05) is 10.0 Å². The lowest BCUT2D eigenvalue weighted by molar-refractivity contribution is 0.598. The SMILES string of the molecule is Cc1cc(S(=O)(=O)Nc2ccc(NCc3ccccc3)cn2)ccc1F. The second kappa shape index (κ2) is 7.53. The maximum Gasteiger partial charge on any atom is 0.263 e. The van der Waals surface area contributed by atoms with Crippen molar-refractivity contribution >= 4 is 21.5 Å². The fraction of sp³-hybridized carbons (Fsp3) is 0.105. The number of rotatable bonds is 6. The van der Waals surface area contributed by atoms with Gasteiger partial charge in [-0.2, -0.15) is 0 Å². The Morgan fingerprint density at radius 3 is 2.46 bits per heavy atom. The van der Waals surface area contributed by atoms with Crippen molar-refractivity contribution in [2.24, 2.45) is 0 Å². The molecule has 3 aromatic rings. The summed E-state index contributed by atoms with van der Waals surface area (Å²) in [6.07, 6.45) is 1.55. The van der Waals surface area contributed by atoms with E-state index in [4.69, 9.17) is 0 Å². The molecule has 5 nitrogen and oxygen atoms in total. The molecule has 0 aliphatic carbocycles. The fourth-order valence-electron chi connectivity index (χ4n) is 2.34. The lowest BCUT2D eigenvalue weighted by Crippen LogP contribution is -2.14. The first-order valence-electron chi connectivity index (χ1n) is 7.97. The summed E-state index contributed by atoms with van der Waals surface area (Å²) in [7, 11) is -3.82. The molecule has 134 valence electrons. The second-order valence-corrected chi connectivity index (χ2v) is 7.47. The number of pyridine rings is 1. The van der Waals surface area contributed by atoms with Crippen LogP contribution in [0.15, 0.2) is 71.8 Å². The van der Waals surface area contributed by atoms with Crippen molar-refractivity contribution in [2.45, 2.75) is 18.4 Å². The molecule has 0 aliphatic rings. The molecule has 26 heavy (non-hydrogen) atoms. The van der Waals surface area contributed by atoms with E-state index >= 15 is 0 Å². The number of nitrogens with zero attached hydrogens (tertiary/aromatic N) is 1. The molecule has 0 bridgehead atoms. The molecular weight excluding hydrogens is 353 g/mol. The maximum absolute atomic E-state index is 13.3. The normalized spacial score (nSPS) is 11.2. The Morgan fingerprint density at radius 1 is 1.04 bits per heavy atom.